The maximum atomic E-state index is 12.7. The van der Waals surface area contributed by atoms with Crippen molar-refractivity contribution in [3.8, 4) is 0 Å². The lowest BCUT2D eigenvalue weighted by atomic mass is 10.0. The highest BCUT2D eigenvalue weighted by Crippen LogP contribution is 2.19. The molecule has 0 saturated heterocycles. The predicted molar refractivity (Wildman–Crippen MR) is 105 cm³/mol. The molecule has 0 spiro atoms. The summed E-state index contributed by atoms with van der Waals surface area (Å²) < 4.78 is 0. The third-order valence-corrected chi connectivity index (χ3v) is 4.46. The maximum Gasteiger partial charge on any atom is 0.335 e. The summed E-state index contributed by atoms with van der Waals surface area (Å²) >= 11 is 0. The van der Waals surface area contributed by atoms with Crippen molar-refractivity contribution in [1.82, 2.24) is 15.6 Å². The van der Waals surface area contributed by atoms with Crippen LogP contribution in [0.4, 0.5) is 0 Å². The predicted octanol–water partition coefficient (Wildman–Crippen LogP) is 2.23. The normalized spacial score (nSPS) is 11.8. The highest BCUT2D eigenvalue weighted by Gasteiger charge is 2.21. The van der Waals surface area contributed by atoms with Crippen LogP contribution in [0, 0.1) is 0 Å². The number of carbonyl (C=O) groups is 3. The van der Waals surface area contributed by atoms with E-state index in [2.05, 4.69) is 15.6 Å². The SMILES string of the molecule is CC(=O)NC(Cc1c[nH]c2ccccc12)C(=O)NCc1ccc(C(=O)O)cc1. The minimum absolute atomic E-state index is 0.186. The number of carboxylic acids is 1. The van der Waals surface area contributed by atoms with Crippen LogP contribution in [0.2, 0.25) is 0 Å². The van der Waals surface area contributed by atoms with Gasteiger partial charge in [-0.05, 0) is 29.3 Å². The Labute approximate surface area is 161 Å². The molecule has 2 amide bonds. The van der Waals surface area contributed by atoms with Gasteiger partial charge < -0.3 is 20.7 Å². The molecule has 0 aliphatic rings. The number of amides is 2. The molecule has 28 heavy (non-hydrogen) atoms. The zero-order valence-corrected chi connectivity index (χ0v) is 15.4. The first-order valence-corrected chi connectivity index (χ1v) is 8.86. The highest BCUT2D eigenvalue weighted by molar-refractivity contribution is 5.89. The molecule has 7 nitrogen and oxygen atoms in total. The van der Waals surface area contributed by atoms with Crippen molar-refractivity contribution in [2.75, 3.05) is 0 Å². The summed E-state index contributed by atoms with van der Waals surface area (Å²) in [6.45, 7) is 1.61. The number of benzene rings is 2. The highest BCUT2D eigenvalue weighted by atomic mass is 16.4. The molecule has 0 bridgehead atoms. The molecular weight excluding hydrogens is 358 g/mol. The molecule has 3 aromatic rings. The van der Waals surface area contributed by atoms with Gasteiger partial charge in [0, 0.05) is 37.0 Å². The van der Waals surface area contributed by atoms with Gasteiger partial charge in [0.1, 0.15) is 6.04 Å². The van der Waals surface area contributed by atoms with Crippen molar-refractivity contribution >= 4 is 28.7 Å². The second kappa shape index (κ2) is 8.39. The Morgan fingerprint density at radius 2 is 1.79 bits per heavy atom. The largest absolute Gasteiger partial charge is 0.478 e. The topological polar surface area (TPSA) is 111 Å². The van der Waals surface area contributed by atoms with Gasteiger partial charge in [0.25, 0.3) is 0 Å². The first kappa shape index (κ1) is 19.2. The quantitative estimate of drug-likeness (QED) is 0.504. The van der Waals surface area contributed by atoms with E-state index < -0.39 is 12.0 Å². The number of nitrogens with one attached hydrogen (secondary N) is 3. The number of aromatic nitrogens is 1. The molecule has 3 rings (SSSR count). The number of para-hydroxylation sites is 1. The van der Waals surface area contributed by atoms with Crippen molar-refractivity contribution in [3.63, 3.8) is 0 Å². The molecule has 0 aliphatic heterocycles. The standard InChI is InChI=1S/C21H21N3O4/c1-13(25)24-19(10-16-12-22-18-5-3-2-4-17(16)18)20(26)23-11-14-6-8-15(9-7-14)21(27)28/h2-9,12,19,22H,10-11H2,1H3,(H,23,26)(H,24,25)(H,27,28). The van der Waals surface area contributed by atoms with Crippen LogP contribution in [0.3, 0.4) is 0 Å². The first-order valence-electron chi connectivity index (χ1n) is 8.86. The van der Waals surface area contributed by atoms with Gasteiger partial charge in [-0.15, -0.1) is 0 Å². The number of fused-ring (bicyclic) bond motifs is 1. The molecule has 144 valence electrons. The number of rotatable bonds is 7. The fourth-order valence-electron chi connectivity index (χ4n) is 3.05. The molecule has 0 radical (unpaired) electrons. The second-order valence-corrected chi connectivity index (χ2v) is 6.54. The van der Waals surface area contributed by atoms with Crippen LogP contribution in [0.1, 0.15) is 28.4 Å². The van der Waals surface area contributed by atoms with Gasteiger partial charge in [-0.25, -0.2) is 4.79 Å². The van der Waals surface area contributed by atoms with Gasteiger partial charge in [0.2, 0.25) is 11.8 Å². The Hall–Kier alpha value is -3.61. The fraction of sp³-hybridized carbons (Fsp3) is 0.190. The van der Waals surface area contributed by atoms with Crippen molar-refractivity contribution in [2.24, 2.45) is 0 Å². The number of hydrogen-bond acceptors (Lipinski definition) is 3. The smallest absolute Gasteiger partial charge is 0.335 e. The molecule has 4 N–H and O–H groups in total. The van der Waals surface area contributed by atoms with Gasteiger partial charge in [-0.3, -0.25) is 9.59 Å². The van der Waals surface area contributed by atoms with Gasteiger partial charge >= 0.3 is 5.97 Å². The molecule has 1 aromatic heterocycles. The van der Waals surface area contributed by atoms with Crippen molar-refractivity contribution in [1.29, 1.82) is 0 Å². The van der Waals surface area contributed by atoms with Crippen LogP contribution < -0.4 is 10.6 Å². The monoisotopic (exact) mass is 379 g/mol. The van der Waals surface area contributed by atoms with Gasteiger partial charge in [0.05, 0.1) is 5.56 Å². The number of H-pyrrole nitrogens is 1. The van der Waals surface area contributed by atoms with E-state index in [4.69, 9.17) is 5.11 Å². The van der Waals surface area contributed by atoms with E-state index in [0.29, 0.717) is 6.42 Å². The lowest BCUT2D eigenvalue weighted by molar-refractivity contribution is -0.128. The van der Waals surface area contributed by atoms with E-state index >= 15 is 0 Å². The van der Waals surface area contributed by atoms with Crippen molar-refractivity contribution in [3.05, 3.63) is 71.4 Å². The summed E-state index contributed by atoms with van der Waals surface area (Å²) in [5.74, 6) is -1.59. The first-order chi connectivity index (χ1) is 13.4. The Kier molecular flexibility index (Phi) is 5.74. The molecule has 7 heteroatoms. The minimum Gasteiger partial charge on any atom is -0.478 e. The van der Waals surface area contributed by atoms with E-state index in [1.165, 1.54) is 19.1 Å². The molecule has 0 aliphatic carbocycles. The van der Waals surface area contributed by atoms with E-state index in [1.807, 2.05) is 30.5 Å². The summed E-state index contributed by atoms with van der Waals surface area (Å²) in [5, 5.41) is 15.4. The number of aromatic amines is 1. The van der Waals surface area contributed by atoms with Crippen LogP contribution in [0.15, 0.2) is 54.7 Å². The molecule has 1 atom stereocenters. The molecule has 2 aromatic carbocycles. The summed E-state index contributed by atoms with van der Waals surface area (Å²) in [6, 6.07) is 13.3. The minimum atomic E-state index is -1.000. The lowest BCUT2D eigenvalue weighted by Gasteiger charge is -2.17. The number of carbonyl (C=O) groups excluding carboxylic acids is 2. The molecule has 1 heterocycles. The van der Waals surface area contributed by atoms with E-state index in [9.17, 15) is 14.4 Å². The summed E-state index contributed by atoms with van der Waals surface area (Å²) in [4.78, 5) is 38.3. The second-order valence-electron chi connectivity index (χ2n) is 6.54. The zero-order chi connectivity index (χ0) is 20.1. The van der Waals surface area contributed by atoms with Crippen LogP contribution in [0.25, 0.3) is 10.9 Å². The van der Waals surface area contributed by atoms with E-state index in [0.717, 1.165) is 22.0 Å². The number of aromatic carboxylic acids is 1. The third-order valence-electron chi connectivity index (χ3n) is 4.46. The van der Waals surface area contributed by atoms with Crippen molar-refractivity contribution in [2.45, 2.75) is 25.9 Å². The summed E-state index contributed by atoms with van der Waals surface area (Å²) in [6.07, 6.45) is 2.20. The average molecular weight is 379 g/mol. The van der Waals surface area contributed by atoms with Crippen LogP contribution in [-0.4, -0.2) is 33.9 Å². The van der Waals surface area contributed by atoms with Gasteiger partial charge in [-0.2, -0.15) is 0 Å². The molecule has 0 fully saturated rings. The van der Waals surface area contributed by atoms with Crippen molar-refractivity contribution < 1.29 is 19.5 Å². The van der Waals surface area contributed by atoms with Gasteiger partial charge in [0.15, 0.2) is 0 Å². The Morgan fingerprint density at radius 3 is 2.46 bits per heavy atom. The molecule has 1 unspecified atom stereocenters. The fourth-order valence-corrected chi connectivity index (χ4v) is 3.05. The number of carboxylic acid groups (broad SMARTS) is 1. The number of hydrogen-bond donors (Lipinski definition) is 4. The van der Waals surface area contributed by atoms with Gasteiger partial charge in [-0.1, -0.05) is 30.3 Å². The average Bonchev–Trinajstić information content (AvgIpc) is 3.08. The Balaban J connectivity index is 1.69. The summed E-state index contributed by atoms with van der Waals surface area (Å²) in [5.41, 5.74) is 2.87. The van der Waals surface area contributed by atoms with Crippen LogP contribution in [0.5, 0.6) is 0 Å². The third kappa shape index (κ3) is 4.56. The lowest BCUT2D eigenvalue weighted by Crippen LogP contribution is -2.47. The van der Waals surface area contributed by atoms with E-state index in [-0.39, 0.29) is 23.9 Å². The molecular formula is C21H21N3O4. The van der Waals surface area contributed by atoms with Crippen LogP contribution in [-0.2, 0) is 22.6 Å². The Bertz CT molecular complexity index is 1010. The zero-order valence-electron chi connectivity index (χ0n) is 15.4. The molecule has 0 saturated carbocycles. The maximum absolute atomic E-state index is 12.7. The Morgan fingerprint density at radius 1 is 1.07 bits per heavy atom. The summed E-state index contributed by atoms with van der Waals surface area (Å²) in [7, 11) is 0. The van der Waals surface area contributed by atoms with Crippen LogP contribution >= 0.6 is 0 Å². The van der Waals surface area contributed by atoms with E-state index in [1.54, 1.807) is 12.1 Å².